The Hall–Kier alpha value is -2.79. The summed E-state index contributed by atoms with van der Waals surface area (Å²) in [7, 11) is 0. The highest BCUT2D eigenvalue weighted by Gasteiger charge is 2.29. The molecule has 1 aromatic heterocycles. The smallest absolute Gasteiger partial charge is 0.255 e. The number of fused-ring (bicyclic) bond motifs is 1. The van der Waals surface area contributed by atoms with E-state index in [0.29, 0.717) is 17.3 Å². The second-order valence-corrected chi connectivity index (χ2v) is 6.39. The molecule has 25 heavy (non-hydrogen) atoms. The van der Waals surface area contributed by atoms with Crippen LogP contribution in [0.25, 0.3) is 0 Å². The molecule has 0 radical (unpaired) electrons. The van der Waals surface area contributed by atoms with Gasteiger partial charge in [-0.15, -0.1) is 0 Å². The first-order chi connectivity index (χ1) is 12.1. The van der Waals surface area contributed by atoms with Gasteiger partial charge >= 0.3 is 0 Å². The zero-order chi connectivity index (χ0) is 17.4. The molecule has 2 N–H and O–H groups in total. The number of aryl methyl sites for hydroxylation is 1. The summed E-state index contributed by atoms with van der Waals surface area (Å²) in [6.45, 7) is 2.48. The first kappa shape index (κ1) is 15.7. The van der Waals surface area contributed by atoms with E-state index in [-0.39, 0.29) is 5.91 Å². The molecule has 2 heterocycles. The first-order valence-corrected chi connectivity index (χ1v) is 8.44. The van der Waals surface area contributed by atoms with E-state index in [1.807, 2.05) is 55.5 Å². The Bertz CT molecular complexity index is 936. The van der Waals surface area contributed by atoms with Crippen molar-refractivity contribution in [1.29, 1.82) is 0 Å². The van der Waals surface area contributed by atoms with E-state index in [1.54, 1.807) is 10.7 Å². The van der Waals surface area contributed by atoms with E-state index < -0.39 is 6.17 Å². The highest BCUT2D eigenvalue weighted by molar-refractivity contribution is 6.30. The molecule has 0 saturated heterocycles. The maximum atomic E-state index is 12.4. The number of hydrogen-bond acceptors (Lipinski definition) is 3. The maximum Gasteiger partial charge on any atom is 0.255 e. The van der Waals surface area contributed by atoms with Crippen LogP contribution in [-0.2, 0) is 6.54 Å². The van der Waals surface area contributed by atoms with Gasteiger partial charge in [0.25, 0.3) is 5.91 Å². The number of rotatable bonds is 3. The van der Waals surface area contributed by atoms with Crippen LogP contribution in [0.5, 0.6) is 0 Å². The maximum absolute atomic E-state index is 12.4. The average Bonchev–Trinajstić information content (AvgIpc) is 2.89. The van der Waals surface area contributed by atoms with Crippen LogP contribution in [0.15, 0.2) is 54.6 Å². The van der Waals surface area contributed by atoms with Gasteiger partial charge in [-0.05, 0) is 24.6 Å². The molecule has 0 saturated carbocycles. The largest absolute Gasteiger partial charge is 0.361 e. The van der Waals surface area contributed by atoms with Crippen molar-refractivity contribution in [2.75, 3.05) is 5.32 Å². The molecule has 0 bridgehead atoms. The third-order valence-electron chi connectivity index (χ3n) is 4.32. The molecular formula is C19H17ClN4O. The van der Waals surface area contributed by atoms with E-state index in [4.69, 9.17) is 11.6 Å². The molecule has 0 spiro atoms. The van der Waals surface area contributed by atoms with Crippen molar-refractivity contribution >= 4 is 23.2 Å². The number of carbonyl (C=O) groups is 1. The van der Waals surface area contributed by atoms with Gasteiger partial charge in [0, 0.05) is 5.69 Å². The SMILES string of the molecule is Cc1nn(Cc2ccccc2)c(Cl)c1[C@@H]1NC(=O)c2ccccc2N1. The summed E-state index contributed by atoms with van der Waals surface area (Å²) < 4.78 is 1.76. The standard InChI is InChI=1S/C19H17ClN4O/c1-12-16(17(20)24(23-12)11-13-7-3-2-4-8-13)18-21-15-10-6-5-9-14(15)19(25)22-18/h2-10,18,21H,11H2,1H3,(H,22,25)/t18-/m0/s1. The van der Waals surface area contributed by atoms with Crippen LogP contribution < -0.4 is 10.6 Å². The number of anilines is 1. The number of para-hydroxylation sites is 1. The summed E-state index contributed by atoms with van der Waals surface area (Å²) in [5.74, 6) is -0.120. The first-order valence-electron chi connectivity index (χ1n) is 8.06. The fraction of sp³-hybridized carbons (Fsp3) is 0.158. The number of halogens is 1. The number of aromatic nitrogens is 2. The molecule has 3 aromatic rings. The lowest BCUT2D eigenvalue weighted by Gasteiger charge is -2.27. The lowest BCUT2D eigenvalue weighted by atomic mass is 10.1. The van der Waals surface area contributed by atoms with E-state index in [2.05, 4.69) is 15.7 Å². The number of benzene rings is 2. The minimum Gasteiger partial charge on any atom is -0.361 e. The average molecular weight is 353 g/mol. The normalized spacial score (nSPS) is 16.1. The Kier molecular flexibility index (Phi) is 3.93. The fourth-order valence-electron chi connectivity index (χ4n) is 3.11. The van der Waals surface area contributed by atoms with Crippen molar-refractivity contribution in [1.82, 2.24) is 15.1 Å². The highest BCUT2D eigenvalue weighted by atomic mass is 35.5. The molecule has 126 valence electrons. The van der Waals surface area contributed by atoms with Gasteiger partial charge < -0.3 is 10.6 Å². The van der Waals surface area contributed by atoms with Crippen LogP contribution in [0, 0.1) is 6.92 Å². The number of nitrogens with one attached hydrogen (secondary N) is 2. The molecule has 1 amide bonds. The summed E-state index contributed by atoms with van der Waals surface area (Å²) in [5, 5.41) is 11.4. The van der Waals surface area contributed by atoms with Gasteiger partial charge in [-0.3, -0.25) is 4.79 Å². The van der Waals surface area contributed by atoms with Crippen molar-refractivity contribution in [3.8, 4) is 0 Å². The van der Waals surface area contributed by atoms with Crippen LogP contribution in [0.2, 0.25) is 5.15 Å². The van der Waals surface area contributed by atoms with E-state index >= 15 is 0 Å². The van der Waals surface area contributed by atoms with Gasteiger partial charge in [0.15, 0.2) is 0 Å². The third kappa shape index (κ3) is 2.87. The molecule has 2 aromatic carbocycles. The third-order valence-corrected chi connectivity index (χ3v) is 4.72. The van der Waals surface area contributed by atoms with Gasteiger partial charge in [-0.25, -0.2) is 4.68 Å². The van der Waals surface area contributed by atoms with Crippen molar-refractivity contribution < 1.29 is 4.79 Å². The van der Waals surface area contributed by atoms with Crippen LogP contribution >= 0.6 is 11.6 Å². The van der Waals surface area contributed by atoms with Gasteiger partial charge in [-0.2, -0.15) is 5.10 Å². The predicted molar refractivity (Wildman–Crippen MR) is 97.8 cm³/mol. The van der Waals surface area contributed by atoms with E-state index in [9.17, 15) is 4.79 Å². The minimum absolute atomic E-state index is 0.120. The number of nitrogens with zero attached hydrogens (tertiary/aromatic N) is 2. The van der Waals surface area contributed by atoms with Crippen molar-refractivity contribution in [2.24, 2.45) is 0 Å². The van der Waals surface area contributed by atoms with Crippen LogP contribution in [0.3, 0.4) is 0 Å². The van der Waals surface area contributed by atoms with Crippen molar-refractivity contribution in [2.45, 2.75) is 19.6 Å². The van der Waals surface area contributed by atoms with Gasteiger partial charge in [0.05, 0.1) is 23.4 Å². The molecule has 1 aliphatic rings. The molecule has 0 fully saturated rings. The monoisotopic (exact) mass is 352 g/mol. The van der Waals surface area contributed by atoms with Gasteiger partial charge in [0.2, 0.25) is 0 Å². The number of hydrogen-bond donors (Lipinski definition) is 2. The predicted octanol–water partition coefficient (Wildman–Crippen LogP) is 3.75. The van der Waals surface area contributed by atoms with Crippen LogP contribution in [0.4, 0.5) is 5.69 Å². The Morgan fingerprint density at radius 2 is 1.80 bits per heavy atom. The molecule has 4 rings (SSSR count). The zero-order valence-electron chi connectivity index (χ0n) is 13.7. The lowest BCUT2D eigenvalue weighted by molar-refractivity contribution is 0.0935. The van der Waals surface area contributed by atoms with E-state index in [0.717, 1.165) is 22.5 Å². The van der Waals surface area contributed by atoms with Crippen molar-refractivity contribution in [3.63, 3.8) is 0 Å². The molecule has 6 heteroatoms. The topological polar surface area (TPSA) is 59.0 Å². The van der Waals surface area contributed by atoms with Crippen LogP contribution in [-0.4, -0.2) is 15.7 Å². The van der Waals surface area contributed by atoms with Gasteiger partial charge in [0.1, 0.15) is 11.3 Å². The number of carbonyl (C=O) groups excluding carboxylic acids is 1. The summed E-state index contributed by atoms with van der Waals surface area (Å²) in [6, 6.07) is 17.4. The highest BCUT2D eigenvalue weighted by Crippen LogP contribution is 2.32. The van der Waals surface area contributed by atoms with Crippen LogP contribution in [0.1, 0.15) is 33.3 Å². The quantitative estimate of drug-likeness (QED) is 0.754. The van der Waals surface area contributed by atoms with Crippen molar-refractivity contribution in [3.05, 3.63) is 82.1 Å². The molecule has 0 unspecified atom stereocenters. The molecule has 1 atom stereocenters. The summed E-state index contributed by atoms with van der Waals surface area (Å²) in [6.07, 6.45) is -0.403. The second kappa shape index (κ2) is 6.26. The molecule has 1 aliphatic heterocycles. The summed E-state index contributed by atoms with van der Waals surface area (Å²) >= 11 is 6.60. The second-order valence-electron chi connectivity index (χ2n) is 6.03. The molecule has 5 nitrogen and oxygen atoms in total. The molecule has 0 aliphatic carbocycles. The zero-order valence-corrected chi connectivity index (χ0v) is 14.4. The Labute approximate surface area is 150 Å². The minimum atomic E-state index is -0.403. The fourth-order valence-corrected chi connectivity index (χ4v) is 3.45. The Morgan fingerprint density at radius 3 is 2.60 bits per heavy atom. The summed E-state index contributed by atoms with van der Waals surface area (Å²) in [4.78, 5) is 12.4. The molecular weight excluding hydrogens is 336 g/mol. The number of amides is 1. The van der Waals surface area contributed by atoms with Gasteiger partial charge in [-0.1, -0.05) is 54.1 Å². The van der Waals surface area contributed by atoms with E-state index in [1.165, 1.54) is 0 Å². The summed E-state index contributed by atoms with van der Waals surface area (Å²) in [5.41, 5.74) is 4.12. The lowest BCUT2D eigenvalue weighted by Crippen LogP contribution is -2.38. The Morgan fingerprint density at radius 1 is 1.08 bits per heavy atom. The Balaban J connectivity index is 1.67.